The number of hydrogen-bond acceptors (Lipinski definition) is 3. The van der Waals surface area contributed by atoms with Crippen LogP contribution in [0.15, 0.2) is 23.2 Å². The van der Waals surface area contributed by atoms with Crippen LogP contribution in [0.5, 0.6) is 0 Å². The second-order valence-corrected chi connectivity index (χ2v) is 6.48. The highest BCUT2D eigenvalue weighted by Gasteiger charge is 2.14. The highest BCUT2D eigenvalue weighted by Crippen LogP contribution is 2.10. The number of benzene rings is 1. The van der Waals surface area contributed by atoms with Crippen LogP contribution in [0.25, 0.3) is 0 Å². The zero-order chi connectivity index (χ0) is 18.1. The molecule has 1 aromatic carbocycles. The van der Waals surface area contributed by atoms with Gasteiger partial charge in [-0.2, -0.15) is 0 Å². The number of likely N-dealkylation sites (N-methyl/N-ethyl adjacent to an activating group) is 1. The number of piperazine rings is 1. The Labute approximate surface area is 174 Å². The highest BCUT2D eigenvalue weighted by molar-refractivity contribution is 14.0. The summed E-state index contributed by atoms with van der Waals surface area (Å²) in [6, 6.07) is 5.16. The Bertz CT molecular complexity index is 559. The molecular formula is C19H33FIN5. The zero-order valence-electron chi connectivity index (χ0n) is 16.2. The summed E-state index contributed by atoms with van der Waals surface area (Å²) < 4.78 is 13.3. The smallest absolute Gasteiger partial charge is 0.191 e. The molecule has 1 aliphatic heterocycles. The molecule has 0 aliphatic carbocycles. The van der Waals surface area contributed by atoms with E-state index in [0.717, 1.165) is 63.9 Å². The maximum Gasteiger partial charge on any atom is 0.191 e. The summed E-state index contributed by atoms with van der Waals surface area (Å²) in [5, 5.41) is 6.67. The summed E-state index contributed by atoms with van der Waals surface area (Å²) in [4.78, 5) is 9.59. The Balaban J connectivity index is 0.00000338. The number of halogens is 2. The van der Waals surface area contributed by atoms with Gasteiger partial charge in [-0.05, 0) is 37.6 Å². The molecule has 0 radical (unpaired) electrons. The van der Waals surface area contributed by atoms with Crippen LogP contribution in [0.1, 0.15) is 25.0 Å². The minimum Gasteiger partial charge on any atom is -0.357 e. The first-order valence-electron chi connectivity index (χ1n) is 9.34. The van der Waals surface area contributed by atoms with Crippen LogP contribution in [-0.2, 0) is 6.54 Å². The van der Waals surface area contributed by atoms with Gasteiger partial charge < -0.3 is 15.5 Å². The van der Waals surface area contributed by atoms with E-state index in [1.54, 1.807) is 13.0 Å². The summed E-state index contributed by atoms with van der Waals surface area (Å²) in [5.74, 6) is 0.651. The van der Waals surface area contributed by atoms with E-state index < -0.39 is 0 Å². The van der Waals surface area contributed by atoms with E-state index >= 15 is 0 Å². The second kappa shape index (κ2) is 12.5. The first kappa shape index (κ1) is 23.1. The average Bonchev–Trinajstić information content (AvgIpc) is 2.63. The van der Waals surface area contributed by atoms with Gasteiger partial charge in [0.25, 0.3) is 0 Å². The molecule has 26 heavy (non-hydrogen) atoms. The molecule has 2 N–H and O–H groups in total. The van der Waals surface area contributed by atoms with Gasteiger partial charge in [-0.25, -0.2) is 9.38 Å². The molecule has 1 saturated heterocycles. The molecule has 0 amide bonds. The molecule has 0 atom stereocenters. The monoisotopic (exact) mass is 477 g/mol. The number of nitrogens with zero attached hydrogens (tertiary/aromatic N) is 3. The van der Waals surface area contributed by atoms with Crippen molar-refractivity contribution in [1.29, 1.82) is 0 Å². The topological polar surface area (TPSA) is 42.9 Å². The lowest BCUT2D eigenvalue weighted by molar-refractivity contribution is 0.139. The molecule has 0 spiro atoms. The SMILES string of the molecule is CCNC(=NCc1ccc(F)c(C)c1)NCCN1CCN(CC)CC1.I. The van der Waals surface area contributed by atoms with Crippen molar-refractivity contribution < 1.29 is 4.39 Å². The predicted molar refractivity (Wildman–Crippen MR) is 118 cm³/mol. The van der Waals surface area contributed by atoms with Gasteiger partial charge in [0.05, 0.1) is 6.54 Å². The van der Waals surface area contributed by atoms with E-state index in [1.807, 2.05) is 6.07 Å². The molecule has 1 heterocycles. The van der Waals surface area contributed by atoms with Gasteiger partial charge in [0.2, 0.25) is 0 Å². The van der Waals surface area contributed by atoms with E-state index in [1.165, 1.54) is 6.07 Å². The third-order valence-corrected chi connectivity index (χ3v) is 4.62. The Morgan fingerprint density at radius 1 is 1.12 bits per heavy atom. The highest BCUT2D eigenvalue weighted by atomic mass is 127. The van der Waals surface area contributed by atoms with Gasteiger partial charge in [0.15, 0.2) is 5.96 Å². The van der Waals surface area contributed by atoms with Crippen molar-refractivity contribution in [2.24, 2.45) is 4.99 Å². The fourth-order valence-corrected chi connectivity index (χ4v) is 2.98. The third-order valence-electron chi connectivity index (χ3n) is 4.62. The van der Waals surface area contributed by atoms with Crippen LogP contribution in [-0.4, -0.2) is 68.1 Å². The Morgan fingerprint density at radius 2 is 1.81 bits per heavy atom. The molecule has 2 rings (SSSR count). The first-order chi connectivity index (χ1) is 12.1. The van der Waals surface area contributed by atoms with Crippen LogP contribution >= 0.6 is 24.0 Å². The fraction of sp³-hybridized carbons (Fsp3) is 0.632. The number of guanidine groups is 1. The molecule has 1 fully saturated rings. The van der Waals surface area contributed by atoms with E-state index in [2.05, 4.69) is 39.3 Å². The van der Waals surface area contributed by atoms with Crippen molar-refractivity contribution in [3.8, 4) is 0 Å². The van der Waals surface area contributed by atoms with Crippen LogP contribution < -0.4 is 10.6 Å². The molecule has 1 aromatic rings. The van der Waals surface area contributed by atoms with E-state index in [0.29, 0.717) is 12.1 Å². The normalized spacial score (nSPS) is 16.2. The number of aliphatic imine (C=N–C) groups is 1. The van der Waals surface area contributed by atoms with Crippen molar-refractivity contribution in [2.45, 2.75) is 27.3 Å². The van der Waals surface area contributed by atoms with Gasteiger partial charge in [-0.3, -0.25) is 4.90 Å². The fourth-order valence-electron chi connectivity index (χ4n) is 2.98. The number of aryl methyl sites for hydroxylation is 1. The lowest BCUT2D eigenvalue weighted by Gasteiger charge is -2.34. The molecular weight excluding hydrogens is 444 g/mol. The summed E-state index contributed by atoms with van der Waals surface area (Å²) in [7, 11) is 0. The van der Waals surface area contributed by atoms with Crippen LogP contribution in [0.4, 0.5) is 4.39 Å². The van der Waals surface area contributed by atoms with E-state index in [-0.39, 0.29) is 29.8 Å². The van der Waals surface area contributed by atoms with Gasteiger partial charge in [-0.15, -0.1) is 24.0 Å². The standard InChI is InChI=1S/C19H32FN5.HI/c1-4-21-19(23-15-17-6-7-18(20)16(3)14-17)22-8-9-25-12-10-24(5-2)11-13-25;/h6-7,14H,4-5,8-13,15H2,1-3H3,(H2,21,22,23);1H. The molecule has 0 unspecified atom stereocenters. The summed E-state index contributed by atoms with van der Waals surface area (Å²) in [6.45, 7) is 15.1. The molecule has 0 aromatic heterocycles. The number of hydrogen-bond donors (Lipinski definition) is 2. The Hall–Kier alpha value is -0.930. The summed E-state index contributed by atoms with van der Waals surface area (Å²) in [6.07, 6.45) is 0. The van der Waals surface area contributed by atoms with Gasteiger partial charge in [-0.1, -0.05) is 19.1 Å². The molecule has 5 nitrogen and oxygen atoms in total. The van der Waals surface area contributed by atoms with Crippen LogP contribution in [0, 0.1) is 12.7 Å². The maximum absolute atomic E-state index is 13.3. The largest absolute Gasteiger partial charge is 0.357 e. The van der Waals surface area contributed by atoms with E-state index in [4.69, 9.17) is 0 Å². The minimum atomic E-state index is -0.166. The molecule has 0 saturated carbocycles. The lowest BCUT2D eigenvalue weighted by atomic mass is 10.1. The van der Waals surface area contributed by atoms with Gasteiger partial charge in [0, 0.05) is 45.8 Å². The molecule has 148 valence electrons. The molecule has 7 heteroatoms. The Morgan fingerprint density at radius 3 is 2.42 bits per heavy atom. The van der Waals surface area contributed by atoms with Crippen molar-refractivity contribution >= 4 is 29.9 Å². The third kappa shape index (κ3) is 7.75. The number of nitrogens with one attached hydrogen (secondary N) is 2. The minimum absolute atomic E-state index is 0. The van der Waals surface area contributed by atoms with Crippen molar-refractivity contribution in [2.75, 3.05) is 52.4 Å². The summed E-state index contributed by atoms with van der Waals surface area (Å²) in [5.41, 5.74) is 1.68. The van der Waals surface area contributed by atoms with Crippen LogP contribution in [0.3, 0.4) is 0 Å². The maximum atomic E-state index is 13.3. The average molecular weight is 477 g/mol. The van der Waals surface area contributed by atoms with Gasteiger partial charge in [0.1, 0.15) is 5.82 Å². The summed E-state index contributed by atoms with van der Waals surface area (Å²) >= 11 is 0. The van der Waals surface area contributed by atoms with Crippen molar-refractivity contribution in [3.05, 3.63) is 35.1 Å². The van der Waals surface area contributed by atoms with Crippen LogP contribution in [0.2, 0.25) is 0 Å². The van der Waals surface area contributed by atoms with Crippen molar-refractivity contribution in [3.63, 3.8) is 0 Å². The van der Waals surface area contributed by atoms with Gasteiger partial charge >= 0.3 is 0 Å². The number of rotatable bonds is 7. The van der Waals surface area contributed by atoms with Crippen molar-refractivity contribution in [1.82, 2.24) is 20.4 Å². The zero-order valence-corrected chi connectivity index (χ0v) is 18.6. The molecule has 0 bridgehead atoms. The Kier molecular flexibility index (Phi) is 11.1. The molecule has 1 aliphatic rings. The second-order valence-electron chi connectivity index (χ2n) is 6.48. The predicted octanol–water partition coefficient (Wildman–Crippen LogP) is 2.44. The first-order valence-corrected chi connectivity index (χ1v) is 9.34. The quantitative estimate of drug-likeness (QED) is 0.360. The van der Waals surface area contributed by atoms with E-state index in [9.17, 15) is 4.39 Å². The lowest BCUT2D eigenvalue weighted by Crippen LogP contribution is -2.49.